The van der Waals surface area contributed by atoms with Gasteiger partial charge in [-0.15, -0.1) is 0 Å². The highest BCUT2D eigenvalue weighted by Crippen LogP contribution is 2.26. The summed E-state index contributed by atoms with van der Waals surface area (Å²) in [6.07, 6.45) is 5.77. The molecule has 3 rings (SSSR count). The normalized spacial score (nSPS) is 11.0. The van der Waals surface area contributed by atoms with Gasteiger partial charge in [-0.25, -0.2) is 0 Å². The van der Waals surface area contributed by atoms with E-state index in [4.69, 9.17) is 11.6 Å². The first-order chi connectivity index (χ1) is 8.74. The monoisotopic (exact) mass is 320 g/mol. The van der Waals surface area contributed by atoms with Gasteiger partial charge in [-0.2, -0.15) is 0 Å². The molecule has 18 heavy (non-hydrogen) atoms. The second-order valence-corrected chi connectivity index (χ2v) is 5.42. The van der Waals surface area contributed by atoms with Crippen LogP contribution >= 0.6 is 27.5 Å². The Balaban J connectivity index is 2.02. The summed E-state index contributed by atoms with van der Waals surface area (Å²) in [5.74, 6) is 0. The van der Waals surface area contributed by atoms with Gasteiger partial charge in [-0.05, 0) is 39.7 Å². The Labute approximate surface area is 118 Å². The molecule has 0 fully saturated rings. The third kappa shape index (κ3) is 2.16. The van der Waals surface area contributed by atoms with Gasteiger partial charge < -0.3 is 4.57 Å². The molecule has 0 aliphatic rings. The van der Waals surface area contributed by atoms with Crippen molar-refractivity contribution in [3.05, 3.63) is 64.0 Å². The molecule has 0 atom stereocenters. The summed E-state index contributed by atoms with van der Waals surface area (Å²) in [5, 5.41) is 1.94. The van der Waals surface area contributed by atoms with E-state index in [0.29, 0.717) is 0 Å². The maximum atomic E-state index is 5.89. The van der Waals surface area contributed by atoms with Gasteiger partial charge in [0.1, 0.15) is 0 Å². The topological polar surface area (TPSA) is 17.8 Å². The molecular weight excluding hydrogens is 312 g/mol. The minimum atomic E-state index is 0.763. The van der Waals surface area contributed by atoms with Gasteiger partial charge in [0.2, 0.25) is 0 Å². The Hall–Kier alpha value is -1.32. The largest absolute Gasteiger partial charge is 0.341 e. The number of aromatic nitrogens is 2. The van der Waals surface area contributed by atoms with Crippen LogP contribution in [0.3, 0.4) is 0 Å². The highest BCUT2D eigenvalue weighted by atomic mass is 79.9. The third-order valence-electron chi connectivity index (χ3n) is 2.90. The lowest BCUT2D eigenvalue weighted by Crippen LogP contribution is -1.97. The van der Waals surface area contributed by atoms with Crippen molar-refractivity contribution >= 4 is 38.4 Å². The van der Waals surface area contributed by atoms with Crippen molar-refractivity contribution in [3.63, 3.8) is 0 Å². The Morgan fingerprint density at radius 3 is 2.72 bits per heavy atom. The van der Waals surface area contributed by atoms with E-state index in [1.165, 1.54) is 10.9 Å². The quantitative estimate of drug-likeness (QED) is 0.679. The van der Waals surface area contributed by atoms with E-state index < -0.39 is 0 Å². The van der Waals surface area contributed by atoms with Crippen LogP contribution in [-0.2, 0) is 6.54 Å². The van der Waals surface area contributed by atoms with Crippen molar-refractivity contribution in [2.75, 3.05) is 0 Å². The van der Waals surface area contributed by atoms with E-state index >= 15 is 0 Å². The summed E-state index contributed by atoms with van der Waals surface area (Å²) < 4.78 is 3.27. The molecule has 0 saturated heterocycles. The summed E-state index contributed by atoms with van der Waals surface area (Å²) in [7, 11) is 0. The maximum Gasteiger partial charge on any atom is 0.0681 e. The zero-order valence-electron chi connectivity index (χ0n) is 9.48. The van der Waals surface area contributed by atoms with Crippen LogP contribution in [0.4, 0.5) is 0 Å². The average Bonchev–Trinajstić information content (AvgIpc) is 2.70. The standard InChI is InChI=1S/C14H10BrClN2/c15-13-9-18(14-7-17-6-5-12(13)14)8-10-1-3-11(16)4-2-10/h1-7,9H,8H2. The molecule has 4 heteroatoms. The van der Waals surface area contributed by atoms with Crippen LogP contribution in [-0.4, -0.2) is 9.55 Å². The van der Waals surface area contributed by atoms with Crippen LogP contribution in [0.5, 0.6) is 0 Å². The average molecular weight is 322 g/mol. The lowest BCUT2D eigenvalue weighted by Gasteiger charge is -2.05. The number of pyridine rings is 1. The Morgan fingerprint density at radius 1 is 1.17 bits per heavy atom. The summed E-state index contributed by atoms with van der Waals surface area (Å²) >= 11 is 9.46. The number of nitrogens with zero attached hydrogens (tertiary/aromatic N) is 2. The predicted octanol–water partition coefficient (Wildman–Crippen LogP) is 4.50. The molecule has 0 spiro atoms. The fraction of sp³-hybridized carbons (Fsp3) is 0.0714. The van der Waals surface area contributed by atoms with Crippen molar-refractivity contribution in [2.45, 2.75) is 6.54 Å². The van der Waals surface area contributed by atoms with Gasteiger partial charge in [0.15, 0.2) is 0 Å². The van der Waals surface area contributed by atoms with Crippen LogP contribution in [0.1, 0.15) is 5.56 Å². The Bertz CT molecular complexity index is 689. The van der Waals surface area contributed by atoms with Crippen molar-refractivity contribution in [1.82, 2.24) is 9.55 Å². The third-order valence-corrected chi connectivity index (χ3v) is 3.79. The molecule has 0 amide bonds. The van der Waals surface area contributed by atoms with Crippen molar-refractivity contribution in [1.29, 1.82) is 0 Å². The number of benzene rings is 1. The van der Waals surface area contributed by atoms with Gasteiger partial charge in [-0.1, -0.05) is 23.7 Å². The van der Waals surface area contributed by atoms with E-state index in [0.717, 1.165) is 21.6 Å². The second kappa shape index (κ2) is 4.75. The van der Waals surface area contributed by atoms with Crippen LogP contribution in [0, 0.1) is 0 Å². The molecule has 0 saturated carbocycles. The second-order valence-electron chi connectivity index (χ2n) is 4.12. The highest BCUT2D eigenvalue weighted by molar-refractivity contribution is 9.10. The predicted molar refractivity (Wildman–Crippen MR) is 78.0 cm³/mol. The van der Waals surface area contributed by atoms with E-state index in [1.807, 2.05) is 36.5 Å². The van der Waals surface area contributed by atoms with E-state index in [1.54, 1.807) is 6.20 Å². The highest BCUT2D eigenvalue weighted by Gasteiger charge is 2.06. The molecule has 1 aromatic carbocycles. The smallest absolute Gasteiger partial charge is 0.0681 e. The molecule has 0 radical (unpaired) electrons. The fourth-order valence-corrected chi connectivity index (χ4v) is 2.72. The zero-order valence-corrected chi connectivity index (χ0v) is 11.8. The van der Waals surface area contributed by atoms with E-state index in [2.05, 4.69) is 31.7 Å². The zero-order chi connectivity index (χ0) is 12.5. The molecule has 0 N–H and O–H groups in total. The molecule has 2 aromatic heterocycles. The maximum absolute atomic E-state index is 5.89. The summed E-state index contributed by atoms with van der Waals surface area (Å²) in [6, 6.07) is 9.92. The molecular formula is C14H10BrClN2. The molecule has 3 aromatic rings. The summed E-state index contributed by atoms with van der Waals surface area (Å²) in [5.41, 5.74) is 2.34. The van der Waals surface area contributed by atoms with Gasteiger partial charge in [-0.3, -0.25) is 4.98 Å². The Morgan fingerprint density at radius 2 is 1.94 bits per heavy atom. The lowest BCUT2D eigenvalue weighted by atomic mass is 10.2. The van der Waals surface area contributed by atoms with Crippen molar-refractivity contribution in [2.24, 2.45) is 0 Å². The summed E-state index contributed by atoms with van der Waals surface area (Å²) in [4.78, 5) is 4.18. The van der Waals surface area contributed by atoms with Crippen LogP contribution < -0.4 is 0 Å². The first-order valence-corrected chi connectivity index (χ1v) is 6.74. The lowest BCUT2D eigenvalue weighted by molar-refractivity contribution is 0.833. The van der Waals surface area contributed by atoms with Crippen LogP contribution in [0.15, 0.2) is 53.4 Å². The molecule has 2 heterocycles. The van der Waals surface area contributed by atoms with E-state index in [-0.39, 0.29) is 0 Å². The first kappa shape index (κ1) is 11.8. The number of hydrogen-bond acceptors (Lipinski definition) is 1. The SMILES string of the molecule is Clc1ccc(Cn2cc(Br)c3ccncc32)cc1. The van der Waals surface area contributed by atoms with Gasteiger partial charge in [0.05, 0.1) is 11.7 Å². The molecule has 2 nitrogen and oxygen atoms in total. The van der Waals surface area contributed by atoms with Crippen LogP contribution in [0.2, 0.25) is 5.02 Å². The summed E-state index contributed by atoms with van der Waals surface area (Å²) in [6.45, 7) is 0.810. The molecule has 0 aliphatic heterocycles. The van der Waals surface area contributed by atoms with Crippen molar-refractivity contribution < 1.29 is 0 Å². The first-order valence-electron chi connectivity index (χ1n) is 5.57. The number of rotatable bonds is 2. The minimum absolute atomic E-state index is 0.763. The number of fused-ring (bicyclic) bond motifs is 1. The molecule has 0 unspecified atom stereocenters. The number of hydrogen-bond donors (Lipinski definition) is 0. The van der Waals surface area contributed by atoms with Crippen LogP contribution in [0.25, 0.3) is 10.9 Å². The molecule has 0 bridgehead atoms. The minimum Gasteiger partial charge on any atom is -0.341 e. The van der Waals surface area contributed by atoms with Gasteiger partial charge in [0.25, 0.3) is 0 Å². The molecule has 0 aliphatic carbocycles. The molecule has 90 valence electrons. The van der Waals surface area contributed by atoms with Gasteiger partial charge >= 0.3 is 0 Å². The van der Waals surface area contributed by atoms with Crippen molar-refractivity contribution in [3.8, 4) is 0 Å². The van der Waals surface area contributed by atoms with Gasteiger partial charge in [0, 0.05) is 33.8 Å². The fourth-order valence-electron chi connectivity index (χ4n) is 2.01. The Kier molecular flexibility index (Phi) is 3.10. The van der Waals surface area contributed by atoms with E-state index in [9.17, 15) is 0 Å². The number of halogens is 2.